The van der Waals surface area contributed by atoms with E-state index in [1.165, 1.54) is 19.2 Å². The summed E-state index contributed by atoms with van der Waals surface area (Å²) in [5, 5.41) is 0. The molecule has 0 unspecified atom stereocenters. The average molecular weight is 416 g/mol. The maximum absolute atomic E-state index is 12.5. The molecule has 29 heavy (non-hydrogen) atoms. The van der Waals surface area contributed by atoms with Gasteiger partial charge < -0.3 is 9.47 Å². The summed E-state index contributed by atoms with van der Waals surface area (Å²) < 4.78 is 37.5. The predicted molar refractivity (Wildman–Crippen MR) is 114 cm³/mol. The molecular formula is C22H25NO5S. The van der Waals surface area contributed by atoms with Crippen molar-refractivity contribution in [2.45, 2.75) is 25.7 Å². The Labute approximate surface area is 171 Å². The second kappa shape index (κ2) is 9.93. The molecular weight excluding hydrogens is 390 g/mol. The molecule has 6 nitrogen and oxygen atoms in total. The summed E-state index contributed by atoms with van der Waals surface area (Å²) in [6.45, 7) is 5.67. The van der Waals surface area contributed by atoms with Gasteiger partial charge in [0, 0.05) is 11.3 Å². The number of nitrogens with one attached hydrogen (secondary N) is 1. The third-order valence-corrected chi connectivity index (χ3v) is 5.37. The van der Waals surface area contributed by atoms with Crippen molar-refractivity contribution in [3.05, 3.63) is 71.3 Å². The maximum Gasteiger partial charge on any atom is 0.333 e. The van der Waals surface area contributed by atoms with E-state index in [1.807, 2.05) is 13.0 Å². The molecule has 2 aromatic rings. The summed E-state index contributed by atoms with van der Waals surface area (Å²) >= 11 is 0. The van der Waals surface area contributed by atoms with Crippen LogP contribution in [0.4, 0.5) is 5.69 Å². The van der Waals surface area contributed by atoms with E-state index in [9.17, 15) is 13.2 Å². The fourth-order valence-electron chi connectivity index (χ4n) is 2.57. The van der Waals surface area contributed by atoms with Gasteiger partial charge in [-0.05, 0) is 68.8 Å². The highest BCUT2D eigenvalue weighted by Crippen LogP contribution is 2.20. The molecule has 7 heteroatoms. The van der Waals surface area contributed by atoms with Crippen molar-refractivity contribution in [3.63, 3.8) is 0 Å². The van der Waals surface area contributed by atoms with Crippen LogP contribution < -0.4 is 9.46 Å². The van der Waals surface area contributed by atoms with Crippen LogP contribution in [-0.4, -0.2) is 28.1 Å². The summed E-state index contributed by atoms with van der Waals surface area (Å²) in [5.74, 6) is 0.242. The summed E-state index contributed by atoms with van der Waals surface area (Å²) in [4.78, 5) is 11.8. The molecule has 0 saturated carbocycles. The highest BCUT2D eigenvalue weighted by Gasteiger charge is 2.14. The van der Waals surface area contributed by atoms with Gasteiger partial charge in [-0.3, -0.25) is 4.72 Å². The molecule has 0 spiro atoms. The number of rotatable bonds is 8. The Bertz CT molecular complexity index is 1000. The number of hydrogen-bond acceptors (Lipinski definition) is 5. The van der Waals surface area contributed by atoms with E-state index in [2.05, 4.69) is 4.72 Å². The second-order valence-corrected chi connectivity index (χ2v) is 8.02. The monoisotopic (exact) mass is 415 g/mol. The summed E-state index contributed by atoms with van der Waals surface area (Å²) in [7, 11) is -2.17. The van der Waals surface area contributed by atoms with Gasteiger partial charge in [0.2, 0.25) is 0 Å². The van der Waals surface area contributed by atoms with E-state index in [-0.39, 0.29) is 10.9 Å². The van der Waals surface area contributed by atoms with Crippen LogP contribution in [0.1, 0.15) is 26.3 Å². The van der Waals surface area contributed by atoms with Crippen LogP contribution in [-0.2, 0) is 19.6 Å². The van der Waals surface area contributed by atoms with Crippen molar-refractivity contribution in [3.8, 4) is 5.75 Å². The lowest BCUT2D eigenvalue weighted by molar-refractivity contribution is -0.138. The standard InChI is InChI=1S/C22H25NO5S/c1-5-28-22(24)17(3)14-16(2)15-18-6-8-19(9-7-18)23-29(25,26)21-12-10-20(27-4)11-13-21/h6-15,23H,5H2,1-4H3/b16-15+,17-14+. The molecule has 1 N–H and O–H groups in total. The number of esters is 1. The topological polar surface area (TPSA) is 81.7 Å². The van der Waals surface area contributed by atoms with E-state index in [1.54, 1.807) is 56.3 Å². The maximum atomic E-state index is 12.5. The summed E-state index contributed by atoms with van der Waals surface area (Å²) in [5.41, 5.74) is 2.73. The van der Waals surface area contributed by atoms with Gasteiger partial charge in [-0.15, -0.1) is 0 Å². The van der Waals surface area contributed by atoms with Crippen LogP contribution in [0.15, 0.2) is 70.6 Å². The van der Waals surface area contributed by atoms with Crippen molar-refractivity contribution >= 4 is 27.8 Å². The van der Waals surface area contributed by atoms with Crippen molar-refractivity contribution in [1.82, 2.24) is 0 Å². The number of carbonyl (C=O) groups is 1. The summed E-state index contributed by atoms with van der Waals surface area (Å²) in [6, 6.07) is 13.1. The number of benzene rings is 2. The fourth-order valence-corrected chi connectivity index (χ4v) is 3.62. The van der Waals surface area contributed by atoms with Crippen molar-refractivity contribution in [1.29, 1.82) is 0 Å². The van der Waals surface area contributed by atoms with Gasteiger partial charge in [0.25, 0.3) is 10.0 Å². The van der Waals surface area contributed by atoms with Gasteiger partial charge in [-0.2, -0.15) is 0 Å². The minimum atomic E-state index is -3.69. The second-order valence-electron chi connectivity index (χ2n) is 6.34. The largest absolute Gasteiger partial charge is 0.497 e. The Morgan fingerprint density at radius 3 is 2.21 bits per heavy atom. The Hall–Kier alpha value is -3.06. The highest BCUT2D eigenvalue weighted by atomic mass is 32.2. The lowest BCUT2D eigenvalue weighted by Crippen LogP contribution is -2.12. The number of ether oxygens (including phenoxy) is 2. The van der Waals surface area contributed by atoms with E-state index < -0.39 is 10.0 Å². The molecule has 0 aromatic heterocycles. The van der Waals surface area contributed by atoms with Crippen molar-refractivity contribution < 1.29 is 22.7 Å². The molecule has 0 radical (unpaired) electrons. The van der Waals surface area contributed by atoms with E-state index in [0.29, 0.717) is 23.6 Å². The minimum Gasteiger partial charge on any atom is -0.497 e. The summed E-state index contributed by atoms with van der Waals surface area (Å²) in [6.07, 6.45) is 3.64. The van der Waals surface area contributed by atoms with E-state index in [4.69, 9.17) is 9.47 Å². The number of hydrogen-bond donors (Lipinski definition) is 1. The first kappa shape index (κ1) is 22.2. The van der Waals surface area contributed by atoms with Crippen LogP contribution >= 0.6 is 0 Å². The highest BCUT2D eigenvalue weighted by molar-refractivity contribution is 7.92. The van der Waals surface area contributed by atoms with Crippen molar-refractivity contribution in [2.24, 2.45) is 0 Å². The molecule has 2 aromatic carbocycles. The molecule has 0 aliphatic rings. The fraction of sp³-hybridized carbons (Fsp3) is 0.227. The SMILES string of the molecule is CCOC(=O)/C(C)=C/C(C)=C/c1ccc(NS(=O)(=O)c2ccc(OC)cc2)cc1. The molecule has 154 valence electrons. The zero-order chi connectivity index (χ0) is 21.4. The zero-order valence-electron chi connectivity index (χ0n) is 16.9. The first-order chi connectivity index (χ1) is 13.7. The normalized spacial score (nSPS) is 12.4. The van der Waals surface area contributed by atoms with Gasteiger partial charge in [0.1, 0.15) is 5.75 Å². The number of anilines is 1. The van der Waals surface area contributed by atoms with Crippen molar-refractivity contribution in [2.75, 3.05) is 18.4 Å². The average Bonchev–Trinajstić information content (AvgIpc) is 2.69. The molecule has 0 fully saturated rings. The van der Waals surface area contributed by atoms with Gasteiger partial charge in [-0.1, -0.05) is 23.8 Å². The lowest BCUT2D eigenvalue weighted by Gasteiger charge is -2.09. The van der Waals surface area contributed by atoms with Gasteiger partial charge >= 0.3 is 5.97 Å². The van der Waals surface area contributed by atoms with Gasteiger partial charge in [0.15, 0.2) is 0 Å². The van der Waals surface area contributed by atoms with Crippen LogP contribution in [0.2, 0.25) is 0 Å². The minimum absolute atomic E-state index is 0.151. The molecule has 0 atom stereocenters. The third-order valence-electron chi connectivity index (χ3n) is 3.97. The number of carbonyl (C=O) groups excluding carboxylic acids is 1. The Morgan fingerprint density at radius 2 is 1.66 bits per heavy atom. The number of methoxy groups -OCH3 is 1. The predicted octanol–water partition coefficient (Wildman–Crippen LogP) is 4.41. The van der Waals surface area contributed by atoms with Crippen LogP contribution in [0.5, 0.6) is 5.75 Å². The number of allylic oxidation sites excluding steroid dienone is 2. The van der Waals surface area contributed by atoms with Gasteiger partial charge in [-0.25, -0.2) is 13.2 Å². The third kappa shape index (κ3) is 6.50. The molecule has 0 amide bonds. The quantitative estimate of drug-likeness (QED) is 0.392. The molecule has 0 heterocycles. The Kier molecular flexibility index (Phi) is 7.61. The zero-order valence-corrected chi connectivity index (χ0v) is 17.7. The molecule has 2 rings (SSSR count). The molecule has 0 aliphatic carbocycles. The van der Waals surface area contributed by atoms with Crippen LogP contribution in [0, 0.1) is 0 Å². The lowest BCUT2D eigenvalue weighted by atomic mass is 10.1. The first-order valence-electron chi connectivity index (χ1n) is 9.06. The van der Waals surface area contributed by atoms with E-state index >= 15 is 0 Å². The van der Waals surface area contributed by atoms with Gasteiger partial charge in [0.05, 0.1) is 18.6 Å². The van der Waals surface area contributed by atoms with Crippen LogP contribution in [0.3, 0.4) is 0 Å². The number of sulfonamides is 1. The van der Waals surface area contributed by atoms with E-state index in [0.717, 1.165) is 11.1 Å². The smallest absolute Gasteiger partial charge is 0.333 e. The molecule has 0 bridgehead atoms. The Morgan fingerprint density at radius 1 is 1.03 bits per heavy atom. The Balaban J connectivity index is 2.11. The molecule has 0 saturated heterocycles. The first-order valence-corrected chi connectivity index (χ1v) is 10.5. The molecule has 0 aliphatic heterocycles. The van der Waals surface area contributed by atoms with Crippen LogP contribution in [0.25, 0.3) is 6.08 Å².